The van der Waals surface area contributed by atoms with Crippen LogP contribution < -0.4 is 17.0 Å². The molecule has 0 aliphatic rings. The van der Waals surface area contributed by atoms with Crippen molar-refractivity contribution < 1.29 is 21.1 Å². The normalized spacial score (nSPS) is 12.4. The second-order valence-corrected chi connectivity index (χ2v) is 14.6. The van der Waals surface area contributed by atoms with Crippen molar-refractivity contribution in [1.29, 1.82) is 0 Å². The molecule has 1 aromatic heterocycles. The van der Waals surface area contributed by atoms with Crippen LogP contribution in [0.3, 0.4) is 0 Å². The summed E-state index contributed by atoms with van der Waals surface area (Å²) in [4.78, 5) is 0. The van der Waals surface area contributed by atoms with Crippen molar-refractivity contribution in [1.82, 2.24) is 4.57 Å². The summed E-state index contributed by atoms with van der Waals surface area (Å²) in [6, 6.07) is 0. The molecule has 0 aliphatic carbocycles. The van der Waals surface area contributed by atoms with Gasteiger partial charge in [-0.3, -0.25) is 0 Å². The van der Waals surface area contributed by atoms with Gasteiger partial charge in [-0.15, -0.1) is 0 Å². The second kappa shape index (κ2) is 5.49. The van der Waals surface area contributed by atoms with E-state index in [2.05, 4.69) is 60.6 Å². The van der Waals surface area contributed by atoms with Crippen LogP contribution in [0.2, 0.25) is 32.7 Å². The number of rotatable bonds is 4. The topological polar surface area (TPSA) is 18.0 Å². The monoisotopic (exact) mass is 278 g/mol. The summed E-state index contributed by atoms with van der Waals surface area (Å²) in [6.07, 6.45) is 7.34. The first-order chi connectivity index (χ1) is 6.68. The van der Waals surface area contributed by atoms with Crippen molar-refractivity contribution in [3.8, 4) is 0 Å². The molecule has 0 atom stereocenters. The van der Waals surface area contributed by atoms with Crippen molar-refractivity contribution >= 4 is 16.6 Å². The highest BCUT2D eigenvalue weighted by molar-refractivity contribution is 6.83. The lowest BCUT2D eigenvalue weighted by atomic mass is 10.9. The van der Waals surface area contributed by atoms with E-state index in [1.54, 1.807) is 0 Å². The van der Waals surface area contributed by atoms with Gasteiger partial charge in [0.2, 0.25) is 14.6 Å². The third kappa shape index (κ3) is 5.84. The highest BCUT2D eigenvalue weighted by Gasteiger charge is 2.32. The van der Waals surface area contributed by atoms with Crippen LogP contribution in [-0.4, -0.2) is 21.2 Å². The second-order valence-electron chi connectivity index (χ2n) is 5.73. The van der Waals surface area contributed by atoms with Crippen LogP contribution in [0.15, 0.2) is 18.7 Å². The van der Waals surface area contributed by atoms with Crippen LogP contribution in [-0.2, 0) is 17.3 Å². The third-order valence-electron chi connectivity index (χ3n) is 1.97. The summed E-state index contributed by atoms with van der Waals surface area (Å²) in [5.74, 6) is 0. The standard InChI is InChI=1S/C10H23N2OSi2.ClH/c1-11-7-8-12(9-11)10-15(5,6)13-14(2,3)4;/h7-9H,10H2,1-6H3;1H/q+1;/p-1. The molecule has 0 aliphatic heterocycles. The molecule has 0 amide bonds. The Kier molecular flexibility index (Phi) is 5.45. The predicted octanol–water partition coefficient (Wildman–Crippen LogP) is -1.09. The lowest BCUT2D eigenvalue weighted by molar-refractivity contribution is -0.671. The lowest BCUT2D eigenvalue weighted by Gasteiger charge is -2.29. The largest absolute Gasteiger partial charge is 1.00 e. The van der Waals surface area contributed by atoms with Crippen molar-refractivity contribution in [2.45, 2.75) is 38.9 Å². The Bertz CT molecular complexity index is 334. The Labute approximate surface area is 107 Å². The Morgan fingerprint density at radius 3 is 2.12 bits per heavy atom. The van der Waals surface area contributed by atoms with Gasteiger partial charge in [-0.1, -0.05) is 0 Å². The summed E-state index contributed by atoms with van der Waals surface area (Å²) in [6.45, 7) is 11.4. The molecule has 16 heavy (non-hydrogen) atoms. The molecule has 0 spiro atoms. The SMILES string of the molecule is C[n+]1ccn(C[Si](C)(C)O[Si](C)(C)C)c1.[Cl-]. The average Bonchev–Trinajstić information content (AvgIpc) is 2.27. The van der Waals surface area contributed by atoms with Crippen molar-refractivity contribution in [2.75, 3.05) is 0 Å². The molecule has 1 rings (SSSR count). The van der Waals surface area contributed by atoms with E-state index in [9.17, 15) is 0 Å². The van der Waals surface area contributed by atoms with E-state index in [4.69, 9.17) is 4.12 Å². The van der Waals surface area contributed by atoms with Crippen LogP contribution in [0.5, 0.6) is 0 Å². The van der Waals surface area contributed by atoms with Gasteiger partial charge >= 0.3 is 0 Å². The fraction of sp³-hybridized carbons (Fsp3) is 0.700. The first-order valence-electron chi connectivity index (χ1n) is 5.39. The minimum absolute atomic E-state index is 0. The maximum atomic E-state index is 6.29. The zero-order valence-corrected chi connectivity index (χ0v) is 13.9. The van der Waals surface area contributed by atoms with E-state index in [0.717, 1.165) is 6.17 Å². The van der Waals surface area contributed by atoms with Crippen molar-refractivity contribution in [3.63, 3.8) is 0 Å². The number of nitrogens with zero attached hydrogens (tertiary/aromatic N) is 2. The first-order valence-corrected chi connectivity index (χ1v) is 11.9. The molecule has 0 fully saturated rings. The van der Waals surface area contributed by atoms with Gasteiger partial charge in [0.25, 0.3) is 0 Å². The zero-order chi connectivity index (χ0) is 11.7. The van der Waals surface area contributed by atoms with E-state index >= 15 is 0 Å². The molecule has 1 aromatic rings. The molecule has 0 saturated carbocycles. The highest BCUT2D eigenvalue weighted by Crippen LogP contribution is 2.15. The maximum Gasteiger partial charge on any atom is 0.243 e. The van der Waals surface area contributed by atoms with Crippen LogP contribution in [0, 0.1) is 0 Å². The molecule has 0 N–H and O–H groups in total. The summed E-state index contributed by atoms with van der Waals surface area (Å²) in [5, 5.41) is 0. The summed E-state index contributed by atoms with van der Waals surface area (Å²) >= 11 is 0. The van der Waals surface area contributed by atoms with Gasteiger partial charge in [0.1, 0.15) is 18.6 Å². The van der Waals surface area contributed by atoms with Crippen LogP contribution in [0.4, 0.5) is 0 Å². The van der Waals surface area contributed by atoms with Gasteiger partial charge in [-0.25, -0.2) is 9.13 Å². The Morgan fingerprint density at radius 2 is 1.75 bits per heavy atom. The van der Waals surface area contributed by atoms with Crippen molar-refractivity contribution in [3.05, 3.63) is 18.7 Å². The molecule has 0 radical (unpaired) electrons. The van der Waals surface area contributed by atoms with Gasteiger partial charge < -0.3 is 16.5 Å². The van der Waals surface area contributed by atoms with Gasteiger partial charge in [0.05, 0.1) is 7.05 Å². The van der Waals surface area contributed by atoms with Crippen LogP contribution in [0.25, 0.3) is 0 Å². The van der Waals surface area contributed by atoms with E-state index < -0.39 is 16.6 Å². The molecule has 94 valence electrons. The number of aromatic nitrogens is 2. The van der Waals surface area contributed by atoms with Crippen molar-refractivity contribution in [2.24, 2.45) is 7.05 Å². The minimum atomic E-state index is -1.55. The predicted molar refractivity (Wildman–Crippen MR) is 67.5 cm³/mol. The summed E-state index contributed by atoms with van der Waals surface area (Å²) in [7, 11) is -0.907. The summed E-state index contributed by atoms with van der Waals surface area (Å²) in [5.41, 5.74) is 0. The first kappa shape index (κ1) is 15.9. The van der Waals surface area contributed by atoms with E-state index in [1.165, 1.54) is 0 Å². The number of hydrogen-bond donors (Lipinski definition) is 0. The number of imidazole rings is 1. The fourth-order valence-corrected chi connectivity index (χ4v) is 9.85. The lowest BCUT2D eigenvalue weighted by Crippen LogP contribution is -3.00. The molecule has 1 heterocycles. The molecular weight excluding hydrogens is 256 g/mol. The average molecular weight is 279 g/mol. The number of halogens is 1. The smallest absolute Gasteiger partial charge is 0.243 e. The van der Waals surface area contributed by atoms with Crippen LogP contribution in [0.1, 0.15) is 0 Å². The Morgan fingerprint density at radius 1 is 1.19 bits per heavy atom. The molecule has 6 heteroatoms. The Hall–Kier alpha value is -0.106. The fourth-order valence-electron chi connectivity index (χ4n) is 1.90. The molecular formula is C10H23ClN2OSi2. The van der Waals surface area contributed by atoms with E-state index in [-0.39, 0.29) is 12.4 Å². The van der Waals surface area contributed by atoms with Gasteiger partial charge in [0, 0.05) is 0 Å². The third-order valence-corrected chi connectivity index (χ3v) is 7.76. The quantitative estimate of drug-likeness (QED) is 0.506. The van der Waals surface area contributed by atoms with Gasteiger partial charge in [-0.2, -0.15) is 0 Å². The Balaban J connectivity index is 0.00000225. The van der Waals surface area contributed by atoms with Gasteiger partial charge in [0.15, 0.2) is 8.32 Å². The summed E-state index contributed by atoms with van der Waals surface area (Å²) < 4.78 is 10.6. The minimum Gasteiger partial charge on any atom is -1.00 e. The molecule has 0 saturated heterocycles. The van der Waals surface area contributed by atoms with Crippen LogP contribution >= 0.6 is 0 Å². The highest BCUT2D eigenvalue weighted by atomic mass is 35.5. The molecule has 0 aromatic carbocycles. The van der Waals surface area contributed by atoms with E-state index in [0.29, 0.717) is 0 Å². The number of hydrogen-bond acceptors (Lipinski definition) is 1. The van der Waals surface area contributed by atoms with Gasteiger partial charge in [-0.05, 0) is 32.7 Å². The molecule has 0 bridgehead atoms. The molecule has 0 unspecified atom stereocenters. The zero-order valence-electron chi connectivity index (χ0n) is 11.1. The molecule has 3 nitrogen and oxygen atoms in total. The number of aryl methyl sites for hydroxylation is 1. The van der Waals surface area contributed by atoms with E-state index in [1.807, 2.05) is 7.05 Å². The maximum absolute atomic E-state index is 6.29.